The molecular weight excluding hydrogens is 374 g/mol. The SMILES string of the molecule is CCN(CC(=O)O)C1CC(NC(=O)NCc2cccc(C)c2Br)C1. The zero-order valence-electron chi connectivity index (χ0n) is 14.0. The van der Waals surface area contributed by atoms with Crippen molar-refractivity contribution in [1.82, 2.24) is 15.5 Å². The number of urea groups is 1. The van der Waals surface area contributed by atoms with Crippen LogP contribution in [-0.4, -0.2) is 47.2 Å². The van der Waals surface area contributed by atoms with E-state index in [1.165, 1.54) is 0 Å². The number of carboxylic acids is 1. The molecule has 1 fully saturated rings. The van der Waals surface area contributed by atoms with Crippen LogP contribution < -0.4 is 10.6 Å². The van der Waals surface area contributed by atoms with E-state index in [-0.39, 0.29) is 24.7 Å². The monoisotopic (exact) mass is 397 g/mol. The average Bonchev–Trinajstić information content (AvgIpc) is 2.49. The van der Waals surface area contributed by atoms with Crippen molar-refractivity contribution in [3.63, 3.8) is 0 Å². The number of nitrogens with one attached hydrogen (secondary N) is 2. The number of hydrogen-bond donors (Lipinski definition) is 3. The van der Waals surface area contributed by atoms with Gasteiger partial charge in [0.1, 0.15) is 0 Å². The maximum atomic E-state index is 12.0. The molecule has 1 aliphatic carbocycles. The lowest BCUT2D eigenvalue weighted by molar-refractivity contribution is -0.139. The summed E-state index contributed by atoms with van der Waals surface area (Å²) in [5.41, 5.74) is 2.17. The van der Waals surface area contributed by atoms with Crippen molar-refractivity contribution in [1.29, 1.82) is 0 Å². The summed E-state index contributed by atoms with van der Waals surface area (Å²) < 4.78 is 1.02. The summed E-state index contributed by atoms with van der Waals surface area (Å²) in [6.07, 6.45) is 1.59. The number of carbonyl (C=O) groups excluding carboxylic acids is 1. The molecule has 0 saturated heterocycles. The summed E-state index contributed by atoms with van der Waals surface area (Å²) >= 11 is 3.53. The van der Waals surface area contributed by atoms with Crippen molar-refractivity contribution in [3.8, 4) is 0 Å². The second-order valence-corrected chi connectivity index (χ2v) is 6.95. The number of aryl methyl sites for hydroxylation is 1. The average molecular weight is 398 g/mol. The molecule has 0 unspecified atom stereocenters. The highest BCUT2D eigenvalue weighted by Gasteiger charge is 2.34. The van der Waals surface area contributed by atoms with Crippen LogP contribution in [0.4, 0.5) is 4.79 Å². The van der Waals surface area contributed by atoms with Gasteiger partial charge in [-0.3, -0.25) is 9.69 Å². The molecule has 0 aliphatic heterocycles. The largest absolute Gasteiger partial charge is 0.480 e. The fourth-order valence-electron chi connectivity index (χ4n) is 2.93. The minimum Gasteiger partial charge on any atom is -0.480 e. The van der Waals surface area contributed by atoms with Gasteiger partial charge < -0.3 is 15.7 Å². The van der Waals surface area contributed by atoms with Gasteiger partial charge in [0.15, 0.2) is 0 Å². The van der Waals surface area contributed by atoms with E-state index >= 15 is 0 Å². The molecule has 0 bridgehead atoms. The van der Waals surface area contributed by atoms with E-state index in [0.717, 1.165) is 28.4 Å². The molecule has 7 heteroatoms. The molecule has 0 aromatic heterocycles. The van der Waals surface area contributed by atoms with Crippen LogP contribution in [-0.2, 0) is 11.3 Å². The van der Waals surface area contributed by atoms with Crippen molar-refractivity contribution in [3.05, 3.63) is 33.8 Å². The maximum absolute atomic E-state index is 12.0. The molecule has 6 nitrogen and oxygen atoms in total. The minimum absolute atomic E-state index is 0.0570. The number of nitrogens with zero attached hydrogens (tertiary/aromatic N) is 1. The van der Waals surface area contributed by atoms with E-state index in [1.54, 1.807) is 0 Å². The van der Waals surface area contributed by atoms with Gasteiger partial charge in [0.05, 0.1) is 6.54 Å². The van der Waals surface area contributed by atoms with E-state index in [1.807, 2.05) is 36.9 Å². The summed E-state index contributed by atoms with van der Waals surface area (Å²) in [6, 6.07) is 6.11. The standard InChI is InChI=1S/C17H24BrN3O3/c1-3-21(10-15(22)23)14-7-13(8-14)20-17(24)19-9-12-6-4-5-11(2)16(12)18/h4-6,13-14H,3,7-10H2,1-2H3,(H,22,23)(H2,19,20,24). The quantitative estimate of drug-likeness (QED) is 0.659. The number of halogens is 1. The fourth-order valence-corrected chi connectivity index (χ4v) is 3.34. The van der Waals surface area contributed by atoms with Crippen LogP contribution in [0.2, 0.25) is 0 Å². The highest BCUT2D eigenvalue weighted by molar-refractivity contribution is 9.10. The maximum Gasteiger partial charge on any atom is 0.317 e. The van der Waals surface area contributed by atoms with Crippen molar-refractivity contribution >= 4 is 27.9 Å². The molecule has 0 spiro atoms. The molecule has 0 atom stereocenters. The first-order chi connectivity index (χ1) is 11.4. The smallest absolute Gasteiger partial charge is 0.317 e. The Morgan fingerprint density at radius 1 is 1.38 bits per heavy atom. The van der Waals surface area contributed by atoms with Gasteiger partial charge in [0, 0.05) is 23.1 Å². The van der Waals surface area contributed by atoms with E-state index in [0.29, 0.717) is 13.1 Å². The summed E-state index contributed by atoms with van der Waals surface area (Å²) in [5.74, 6) is -0.810. The predicted molar refractivity (Wildman–Crippen MR) is 95.9 cm³/mol. The Morgan fingerprint density at radius 2 is 2.08 bits per heavy atom. The first kappa shape index (κ1) is 18.7. The molecule has 1 aromatic rings. The zero-order chi connectivity index (χ0) is 17.7. The van der Waals surface area contributed by atoms with Crippen LogP contribution in [0.1, 0.15) is 30.9 Å². The minimum atomic E-state index is -0.810. The highest BCUT2D eigenvalue weighted by atomic mass is 79.9. The first-order valence-corrected chi connectivity index (χ1v) is 8.94. The van der Waals surface area contributed by atoms with Crippen LogP contribution in [0.5, 0.6) is 0 Å². The third-order valence-corrected chi connectivity index (χ3v) is 5.56. The number of aliphatic carboxylic acids is 1. The van der Waals surface area contributed by atoms with E-state index < -0.39 is 5.97 Å². The van der Waals surface area contributed by atoms with Gasteiger partial charge in [-0.1, -0.05) is 41.1 Å². The van der Waals surface area contributed by atoms with Crippen molar-refractivity contribution in [2.24, 2.45) is 0 Å². The van der Waals surface area contributed by atoms with E-state index in [2.05, 4.69) is 26.6 Å². The van der Waals surface area contributed by atoms with E-state index in [4.69, 9.17) is 5.11 Å². The first-order valence-electron chi connectivity index (χ1n) is 8.14. The lowest BCUT2D eigenvalue weighted by Gasteiger charge is -2.42. The lowest BCUT2D eigenvalue weighted by Crippen LogP contribution is -2.56. The summed E-state index contributed by atoms with van der Waals surface area (Å²) in [4.78, 5) is 24.7. The molecule has 1 aromatic carbocycles. The van der Waals surface area contributed by atoms with Gasteiger partial charge >= 0.3 is 12.0 Å². The second kappa shape index (κ2) is 8.48. The molecule has 2 rings (SSSR count). The molecule has 132 valence electrons. The molecule has 24 heavy (non-hydrogen) atoms. The van der Waals surface area contributed by atoms with Crippen LogP contribution in [0.15, 0.2) is 22.7 Å². The topological polar surface area (TPSA) is 81.7 Å². The molecule has 1 aliphatic rings. The zero-order valence-corrected chi connectivity index (χ0v) is 15.6. The molecule has 1 saturated carbocycles. The Morgan fingerprint density at radius 3 is 2.71 bits per heavy atom. The summed E-state index contributed by atoms with van der Waals surface area (Å²) in [6.45, 7) is 5.19. The van der Waals surface area contributed by atoms with Crippen LogP contribution >= 0.6 is 15.9 Å². The molecule has 3 N–H and O–H groups in total. The van der Waals surface area contributed by atoms with Crippen LogP contribution in [0.3, 0.4) is 0 Å². The molecular formula is C17H24BrN3O3. The molecule has 0 heterocycles. The number of hydrogen-bond acceptors (Lipinski definition) is 3. The summed E-state index contributed by atoms with van der Waals surface area (Å²) in [7, 11) is 0. The van der Waals surface area contributed by atoms with Gasteiger partial charge in [-0.05, 0) is 37.4 Å². The Kier molecular flexibility index (Phi) is 6.62. The van der Waals surface area contributed by atoms with Gasteiger partial charge in [-0.15, -0.1) is 0 Å². The molecule has 2 amide bonds. The van der Waals surface area contributed by atoms with Gasteiger partial charge in [-0.25, -0.2) is 4.79 Å². The lowest BCUT2D eigenvalue weighted by atomic mass is 9.85. The van der Waals surface area contributed by atoms with Crippen molar-refractivity contribution in [2.45, 2.75) is 45.3 Å². The van der Waals surface area contributed by atoms with Crippen molar-refractivity contribution in [2.75, 3.05) is 13.1 Å². The Hall–Kier alpha value is -1.60. The number of amides is 2. The van der Waals surface area contributed by atoms with Crippen molar-refractivity contribution < 1.29 is 14.7 Å². The Balaban J connectivity index is 1.73. The number of benzene rings is 1. The Labute approximate surface area is 150 Å². The summed E-state index contributed by atoms with van der Waals surface area (Å²) in [5, 5.41) is 14.7. The highest BCUT2D eigenvalue weighted by Crippen LogP contribution is 2.25. The van der Waals surface area contributed by atoms with Gasteiger partial charge in [0.25, 0.3) is 0 Å². The van der Waals surface area contributed by atoms with Gasteiger partial charge in [0.2, 0.25) is 0 Å². The number of rotatable bonds is 7. The van der Waals surface area contributed by atoms with Gasteiger partial charge in [-0.2, -0.15) is 0 Å². The fraction of sp³-hybridized carbons (Fsp3) is 0.529. The number of carbonyl (C=O) groups is 2. The second-order valence-electron chi connectivity index (χ2n) is 6.15. The normalized spacial score (nSPS) is 19.7. The number of carboxylic acid groups (broad SMARTS) is 1. The number of likely N-dealkylation sites (N-methyl/N-ethyl adjacent to an activating group) is 1. The van der Waals surface area contributed by atoms with Crippen LogP contribution in [0.25, 0.3) is 0 Å². The van der Waals surface area contributed by atoms with E-state index in [9.17, 15) is 9.59 Å². The third-order valence-electron chi connectivity index (χ3n) is 4.42. The predicted octanol–water partition coefficient (Wildman–Crippen LogP) is 2.49. The Bertz CT molecular complexity index is 603. The molecule has 0 radical (unpaired) electrons. The third kappa shape index (κ3) is 4.95. The van der Waals surface area contributed by atoms with Crippen LogP contribution in [0, 0.1) is 6.92 Å².